The molecule has 1 saturated heterocycles. The predicted octanol–water partition coefficient (Wildman–Crippen LogP) is 3.04. The molecule has 1 aromatic rings. The third-order valence-corrected chi connectivity index (χ3v) is 4.64. The van der Waals surface area contributed by atoms with Gasteiger partial charge in [-0.25, -0.2) is 0 Å². The van der Waals surface area contributed by atoms with Crippen LogP contribution < -0.4 is 16.4 Å². The van der Waals surface area contributed by atoms with Crippen LogP contribution in [0.15, 0.2) is 24.3 Å². The van der Waals surface area contributed by atoms with E-state index >= 15 is 0 Å². The van der Waals surface area contributed by atoms with Gasteiger partial charge >= 0.3 is 0 Å². The number of nitrogens with one attached hydrogen (secondary N) is 2. The highest BCUT2D eigenvalue weighted by molar-refractivity contribution is 5.94. The van der Waals surface area contributed by atoms with Gasteiger partial charge in [-0.1, -0.05) is 25.0 Å². The Morgan fingerprint density at radius 3 is 2.50 bits per heavy atom. The van der Waals surface area contributed by atoms with Crippen molar-refractivity contribution in [3.63, 3.8) is 0 Å². The molecule has 0 radical (unpaired) electrons. The Kier molecular flexibility index (Phi) is 8.05. The van der Waals surface area contributed by atoms with Gasteiger partial charge in [0.1, 0.15) is 0 Å². The van der Waals surface area contributed by atoms with E-state index in [9.17, 15) is 4.79 Å². The maximum absolute atomic E-state index is 12.2. The summed E-state index contributed by atoms with van der Waals surface area (Å²) in [6.07, 6.45) is 7.01. The number of likely N-dealkylation sites (tertiary alicyclic amines) is 1. The molecule has 0 bridgehead atoms. The Morgan fingerprint density at radius 2 is 1.79 bits per heavy atom. The fourth-order valence-electron chi connectivity index (χ4n) is 3.09. The molecule has 0 atom stereocenters. The van der Waals surface area contributed by atoms with Gasteiger partial charge in [0.05, 0.1) is 11.4 Å². The number of anilines is 2. The Hall–Kier alpha value is -1.59. The number of unbranched alkanes of at least 4 members (excludes halogenated alkanes) is 3. The van der Waals surface area contributed by atoms with Crippen molar-refractivity contribution in [1.29, 1.82) is 0 Å². The van der Waals surface area contributed by atoms with E-state index in [0.29, 0.717) is 12.5 Å². The first-order chi connectivity index (χ1) is 11.7. The molecule has 0 spiro atoms. The second-order valence-electron chi connectivity index (χ2n) is 6.77. The summed E-state index contributed by atoms with van der Waals surface area (Å²) in [7, 11) is 2.16. The van der Waals surface area contributed by atoms with Crippen molar-refractivity contribution in [2.24, 2.45) is 5.73 Å². The van der Waals surface area contributed by atoms with Gasteiger partial charge < -0.3 is 21.3 Å². The van der Waals surface area contributed by atoms with Crippen molar-refractivity contribution in [1.82, 2.24) is 4.90 Å². The number of nitrogens with zero attached hydrogens (tertiary/aromatic N) is 1. The summed E-state index contributed by atoms with van der Waals surface area (Å²) in [6.45, 7) is 2.98. The lowest BCUT2D eigenvalue weighted by Gasteiger charge is -2.30. The first-order valence-corrected chi connectivity index (χ1v) is 9.23. The molecule has 134 valence electrons. The van der Waals surface area contributed by atoms with Crippen LogP contribution in [-0.4, -0.2) is 43.5 Å². The smallest absolute Gasteiger partial charge is 0.224 e. The summed E-state index contributed by atoms with van der Waals surface area (Å²) >= 11 is 0. The average molecular weight is 332 g/mol. The number of hydrogen-bond donors (Lipinski definition) is 3. The van der Waals surface area contributed by atoms with Crippen molar-refractivity contribution in [2.75, 3.05) is 37.3 Å². The maximum atomic E-state index is 12.2. The Balaban J connectivity index is 1.81. The summed E-state index contributed by atoms with van der Waals surface area (Å²) in [4.78, 5) is 14.5. The van der Waals surface area contributed by atoms with Gasteiger partial charge in [0.2, 0.25) is 5.91 Å². The Labute approximate surface area is 146 Å². The summed E-state index contributed by atoms with van der Waals surface area (Å²) < 4.78 is 0. The van der Waals surface area contributed by atoms with Gasteiger partial charge in [-0.05, 0) is 64.5 Å². The minimum atomic E-state index is 0.0976. The highest BCUT2D eigenvalue weighted by Gasteiger charge is 2.17. The first-order valence-electron chi connectivity index (χ1n) is 9.23. The molecule has 4 N–H and O–H groups in total. The highest BCUT2D eigenvalue weighted by Crippen LogP contribution is 2.24. The van der Waals surface area contributed by atoms with Crippen LogP contribution >= 0.6 is 0 Å². The van der Waals surface area contributed by atoms with Crippen LogP contribution in [-0.2, 0) is 4.79 Å². The number of nitrogens with two attached hydrogens (primary N) is 1. The number of benzene rings is 1. The molecule has 1 aliphatic rings. The molecule has 0 aromatic heterocycles. The van der Waals surface area contributed by atoms with Crippen molar-refractivity contribution in [3.05, 3.63) is 24.3 Å². The number of rotatable bonds is 9. The Morgan fingerprint density at radius 1 is 1.12 bits per heavy atom. The fourth-order valence-corrected chi connectivity index (χ4v) is 3.09. The zero-order valence-corrected chi connectivity index (χ0v) is 14.9. The van der Waals surface area contributed by atoms with Crippen molar-refractivity contribution in [3.8, 4) is 0 Å². The molecule has 2 rings (SSSR count). The van der Waals surface area contributed by atoms with E-state index in [1.807, 2.05) is 18.2 Å². The van der Waals surface area contributed by atoms with Crippen LogP contribution in [0.1, 0.15) is 44.9 Å². The molecule has 5 heteroatoms. The van der Waals surface area contributed by atoms with Gasteiger partial charge in [0.15, 0.2) is 0 Å². The number of para-hydroxylation sites is 2. The molecule has 1 aromatic carbocycles. The quantitative estimate of drug-likeness (QED) is 0.608. The van der Waals surface area contributed by atoms with Gasteiger partial charge in [-0.3, -0.25) is 4.79 Å². The SMILES string of the molecule is CN1CCC(Nc2ccccc2NC(=O)CCCCCCN)CC1. The minimum absolute atomic E-state index is 0.0976. The average Bonchev–Trinajstić information content (AvgIpc) is 2.58. The second-order valence-corrected chi connectivity index (χ2v) is 6.77. The number of carbonyl (C=O) groups is 1. The molecule has 0 saturated carbocycles. The molecular weight excluding hydrogens is 300 g/mol. The van der Waals surface area contributed by atoms with Gasteiger partial charge in [0.25, 0.3) is 0 Å². The molecule has 0 aliphatic carbocycles. The Bertz CT molecular complexity index is 498. The van der Waals surface area contributed by atoms with Crippen LogP contribution in [0.4, 0.5) is 11.4 Å². The van der Waals surface area contributed by atoms with Crippen molar-refractivity contribution in [2.45, 2.75) is 51.0 Å². The summed E-state index contributed by atoms with van der Waals surface area (Å²) in [5, 5.41) is 6.67. The zero-order valence-electron chi connectivity index (χ0n) is 14.9. The molecule has 5 nitrogen and oxygen atoms in total. The lowest BCUT2D eigenvalue weighted by atomic mass is 10.0. The third kappa shape index (κ3) is 6.49. The summed E-state index contributed by atoms with van der Waals surface area (Å²) in [5.74, 6) is 0.0976. The second kappa shape index (κ2) is 10.3. The molecule has 1 aliphatic heterocycles. The van der Waals surface area contributed by atoms with Crippen molar-refractivity contribution >= 4 is 17.3 Å². The standard InChI is InChI=1S/C19H32N4O/c1-23-14-11-16(12-15-23)21-17-8-5-6-9-18(17)22-19(24)10-4-2-3-7-13-20/h5-6,8-9,16,21H,2-4,7,10-15,20H2,1H3,(H,22,24). The van der Waals surface area contributed by atoms with Gasteiger partial charge in [-0.2, -0.15) is 0 Å². The monoisotopic (exact) mass is 332 g/mol. The molecule has 1 fully saturated rings. The van der Waals surface area contributed by atoms with Crippen LogP contribution in [0, 0.1) is 0 Å². The number of amides is 1. The summed E-state index contributed by atoms with van der Waals surface area (Å²) in [6, 6.07) is 8.49. The van der Waals surface area contributed by atoms with E-state index in [4.69, 9.17) is 5.73 Å². The van der Waals surface area contributed by atoms with E-state index in [-0.39, 0.29) is 5.91 Å². The van der Waals surface area contributed by atoms with Gasteiger partial charge in [-0.15, -0.1) is 0 Å². The topological polar surface area (TPSA) is 70.4 Å². The normalized spacial score (nSPS) is 16.1. The summed E-state index contributed by atoms with van der Waals surface area (Å²) in [5.41, 5.74) is 7.41. The zero-order chi connectivity index (χ0) is 17.2. The number of piperidine rings is 1. The van der Waals surface area contributed by atoms with Crippen LogP contribution in [0.3, 0.4) is 0 Å². The lowest BCUT2D eigenvalue weighted by Crippen LogP contribution is -2.36. The fraction of sp³-hybridized carbons (Fsp3) is 0.632. The number of carbonyl (C=O) groups excluding carboxylic acids is 1. The highest BCUT2D eigenvalue weighted by atomic mass is 16.1. The van der Waals surface area contributed by atoms with E-state index in [1.54, 1.807) is 0 Å². The first kappa shape index (κ1) is 18.7. The van der Waals surface area contributed by atoms with Crippen LogP contribution in [0.5, 0.6) is 0 Å². The van der Waals surface area contributed by atoms with E-state index < -0.39 is 0 Å². The molecule has 24 heavy (non-hydrogen) atoms. The molecule has 1 heterocycles. The van der Waals surface area contributed by atoms with Gasteiger partial charge in [0, 0.05) is 12.5 Å². The van der Waals surface area contributed by atoms with Crippen LogP contribution in [0.2, 0.25) is 0 Å². The molecular formula is C19H32N4O. The predicted molar refractivity (Wildman–Crippen MR) is 101 cm³/mol. The van der Waals surface area contributed by atoms with Crippen molar-refractivity contribution < 1.29 is 4.79 Å². The molecule has 1 amide bonds. The van der Waals surface area contributed by atoms with E-state index in [1.165, 1.54) is 0 Å². The number of hydrogen-bond acceptors (Lipinski definition) is 4. The van der Waals surface area contributed by atoms with E-state index in [2.05, 4.69) is 28.6 Å². The third-order valence-electron chi connectivity index (χ3n) is 4.64. The largest absolute Gasteiger partial charge is 0.381 e. The van der Waals surface area contributed by atoms with E-state index in [0.717, 1.165) is 69.5 Å². The molecule has 0 unspecified atom stereocenters. The lowest BCUT2D eigenvalue weighted by molar-refractivity contribution is -0.116. The maximum Gasteiger partial charge on any atom is 0.224 e. The minimum Gasteiger partial charge on any atom is -0.381 e. The van der Waals surface area contributed by atoms with Crippen LogP contribution in [0.25, 0.3) is 0 Å².